The predicted octanol–water partition coefficient (Wildman–Crippen LogP) is 4.48. The Hall–Kier alpha value is -3.51. The summed E-state index contributed by atoms with van der Waals surface area (Å²) in [5.41, 5.74) is 3.52. The molecule has 1 fully saturated rings. The monoisotopic (exact) mass is 453 g/mol. The second kappa shape index (κ2) is 9.03. The quantitative estimate of drug-likeness (QED) is 0.481. The van der Waals surface area contributed by atoms with E-state index in [0.717, 1.165) is 60.9 Å². The molecule has 4 aromatic rings. The number of nitrogens with zero attached hydrogens (tertiary/aromatic N) is 5. The molecule has 5 rings (SSSR count). The van der Waals surface area contributed by atoms with Crippen LogP contribution < -0.4 is 9.80 Å². The lowest BCUT2D eigenvalue weighted by molar-refractivity contribution is 0.0782. The second-order valence-corrected chi connectivity index (χ2v) is 9.56. The fraction of sp³-hybridized carbons (Fsp3) is 0.321. The van der Waals surface area contributed by atoms with Crippen molar-refractivity contribution >= 4 is 22.4 Å². The maximum Gasteiger partial charge on any atom is 0.159 e. The summed E-state index contributed by atoms with van der Waals surface area (Å²) < 4.78 is 0. The van der Waals surface area contributed by atoms with E-state index in [4.69, 9.17) is 5.10 Å². The van der Waals surface area contributed by atoms with Crippen LogP contribution in [0.15, 0.2) is 66.9 Å². The van der Waals surface area contributed by atoms with E-state index < -0.39 is 5.60 Å². The lowest BCUT2D eigenvalue weighted by Crippen LogP contribution is -2.47. The van der Waals surface area contributed by atoms with Crippen LogP contribution in [0.5, 0.6) is 0 Å². The van der Waals surface area contributed by atoms with Crippen LogP contribution in [0.25, 0.3) is 10.8 Å². The summed E-state index contributed by atoms with van der Waals surface area (Å²) in [6.07, 6.45) is 2.55. The number of piperazine rings is 1. The predicted molar refractivity (Wildman–Crippen MR) is 137 cm³/mol. The number of benzene rings is 2. The molecule has 0 unspecified atom stereocenters. The Bertz CT molecular complexity index is 1290. The van der Waals surface area contributed by atoms with Gasteiger partial charge in [-0.3, -0.25) is 0 Å². The smallest absolute Gasteiger partial charge is 0.159 e. The number of aliphatic hydroxyl groups is 1. The Morgan fingerprint density at radius 3 is 2.18 bits per heavy atom. The maximum atomic E-state index is 10.2. The summed E-state index contributed by atoms with van der Waals surface area (Å²) in [5, 5.41) is 21.9. The van der Waals surface area contributed by atoms with Gasteiger partial charge in [0.25, 0.3) is 0 Å². The van der Waals surface area contributed by atoms with Crippen molar-refractivity contribution in [2.45, 2.75) is 32.8 Å². The van der Waals surface area contributed by atoms with Crippen molar-refractivity contribution in [1.82, 2.24) is 15.2 Å². The Labute approximate surface area is 200 Å². The molecule has 0 spiro atoms. The Morgan fingerprint density at radius 1 is 0.824 bits per heavy atom. The van der Waals surface area contributed by atoms with Gasteiger partial charge in [-0.25, -0.2) is 4.98 Å². The molecule has 0 aliphatic carbocycles. The van der Waals surface area contributed by atoms with Crippen LogP contribution in [-0.2, 0) is 12.0 Å². The zero-order valence-electron chi connectivity index (χ0n) is 20.1. The molecule has 2 aromatic carbocycles. The summed E-state index contributed by atoms with van der Waals surface area (Å²) >= 11 is 0. The van der Waals surface area contributed by atoms with Crippen molar-refractivity contribution < 1.29 is 5.11 Å². The molecule has 0 saturated carbocycles. The lowest BCUT2D eigenvalue weighted by atomic mass is 10.0. The zero-order chi connectivity index (χ0) is 23.7. The molecular weight excluding hydrogens is 422 g/mol. The van der Waals surface area contributed by atoms with Gasteiger partial charge < -0.3 is 14.9 Å². The maximum absolute atomic E-state index is 10.2. The average molecular weight is 454 g/mol. The van der Waals surface area contributed by atoms with Gasteiger partial charge in [-0.1, -0.05) is 54.6 Å². The molecule has 0 atom stereocenters. The summed E-state index contributed by atoms with van der Waals surface area (Å²) in [6, 6.07) is 20.9. The highest BCUT2D eigenvalue weighted by atomic mass is 16.3. The molecule has 6 heteroatoms. The fourth-order valence-electron chi connectivity index (χ4n) is 4.58. The van der Waals surface area contributed by atoms with E-state index in [1.807, 2.05) is 12.1 Å². The first-order chi connectivity index (χ1) is 16.4. The van der Waals surface area contributed by atoms with Crippen molar-refractivity contribution in [3.8, 4) is 0 Å². The first kappa shape index (κ1) is 22.3. The van der Waals surface area contributed by atoms with Crippen LogP contribution in [0.3, 0.4) is 0 Å². The molecule has 0 amide bonds. The molecule has 0 radical (unpaired) electrons. The summed E-state index contributed by atoms with van der Waals surface area (Å²) in [7, 11) is 0. The minimum atomic E-state index is -0.880. The van der Waals surface area contributed by atoms with E-state index in [-0.39, 0.29) is 0 Å². The Morgan fingerprint density at radius 2 is 1.50 bits per heavy atom. The van der Waals surface area contributed by atoms with Gasteiger partial charge in [0.2, 0.25) is 0 Å². The van der Waals surface area contributed by atoms with Crippen molar-refractivity contribution in [1.29, 1.82) is 0 Å². The van der Waals surface area contributed by atoms with E-state index in [1.54, 1.807) is 20.0 Å². The topological polar surface area (TPSA) is 65.4 Å². The first-order valence-corrected chi connectivity index (χ1v) is 11.9. The SMILES string of the molecule is Cc1ccccc1Cc1nnc(N2CCN(c3ccc(C(C)(C)O)cn3)CC2)c2ccccc12. The van der Waals surface area contributed by atoms with E-state index >= 15 is 0 Å². The number of anilines is 2. The van der Waals surface area contributed by atoms with E-state index in [2.05, 4.69) is 75.3 Å². The molecule has 174 valence electrons. The fourth-order valence-corrected chi connectivity index (χ4v) is 4.58. The normalized spacial score (nSPS) is 14.6. The van der Waals surface area contributed by atoms with Gasteiger partial charge in [-0.15, -0.1) is 5.10 Å². The van der Waals surface area contributed by atoms with E-state index in [9.17, 15) is 5.11 Å². The zero-order valence-corrected chi connectivity index (χ0v) is 20.1. The number of aromatic nitrogens is 3. The number of fused-ring (bicyclic) bond motifs is 1. The van der Waals surface area contributed by atoms with Crippen molar-refractivity contribution in [2.24, 2.45) is 0 Å². The molecule has 1 aliphatic rings. The van der Waals surface area contributed by atoms with Gasteiger partial charge in [-0.05, 0) is 38.0 Å². The van der Waals surface area contributed by atoms with E-state index in [1.165, 1.54) is 16.5 Å². The first-order valence-electron chi connectivity index (χ1n) is 11.9. The van der Waals surface area contributed by atoms with Crippen LogP contribution >= 0.6 is 0 Å². The summed E-state index contributed by atoms with van der Waals surface area (Å²) in [4.78, 5) is 9.21. The number of aryl methyl sites for hydroxylation is 1. The lowest BCUT2D eigenvalue weighted by Gasteiger charge is -2.36. The van der Waals surface area contributed by atoms with Crippen LogP contribution in [0, 0.1) is 6.92 Å². The Kier molecular flexibility index (Phi) is 5.92. The molecular formula is C28H31N5O. The van der Waals surface area contributed by atoms with Gasteiger partial charge in [-0.2, -0.15) is 5.10 Å². The van der Waals surface area contributed by atoms with Crippen molar-refractivity contribution in [2.75, 3.05) is 36.0 Å². The molecule has 0 bridgehead atoms. The Balaban J connectivity index is 1.35. The molecule has 1 aliphatic heterocycles. The van der Waals surface area contributed by atoms with Crippen LogP contribution in [0.2, 0.25) is 0 Å². The number of hydrogen-bond donors (Lipinski definition) is 1. The third kappa shape index (κ3) is 4.46. The van der Waals surface area contributed by atoms with Crippen LogP contribution in [0.1, 0.15) is 36.2 Å². The average Bonchev–Trinajstić information content (AvgIpc) is 2.85. The van der Waals surface area contributed by atoms with Crippen molar-refractivity contribution in [3.05, 3.63) is 89.2 Å². The van der Waals surface area contributed by atoms with Gasteiger partial charge in [0, 0.05) is 55.1 Å². The van der Waals surface area contributed by atoms with Gasteiger partial charge in [0.05, 0.1) is 11.3 Å². The molecule has 2 aromatic heterocycles. The van der Waals surface area contributed by atoms with Crippen molar-refractivity contribution in [3.63, 3.8) is 0 Å². The number of pyridine rings is 1. The van der Waals surface area contributed by atoms with Gasteiger partial charge >= 0.3 is 0 Å². The van der Waals surface area contributed by atoms with Crippen LogP contribution in [-0.4, -0.2) is 46.5 Å². The highest BCUT2D eigenvalue weighted by Crippen LogP contribution is 2.29. The molecule has 1 saturated heterocycles. The molecule has 34 heavy (non-hydrogen) atoms. The van der Waals surface area contributed by atoms with Gasteiger partial charge in [0.1, 0.15) is 5.82 Å². The van der Waals surface area contributed by atoms with E-state index in [0.29, 0.717) is 0 Å². The highest BCUT2D eigenvalue weighted by molar-refractivity contribution is 5.93. The highest BCUT2D eigenvalue weighted by Gasteiger charge is 2.23. The molecule has 6 nitrogen and oxygen atoms in total. The molecule has 1 N–H and O–H groups in total. The standard InChI is InChI=1S/C28H31N5O/c1-20-8-4-5-9-21(20)18-25-23-10-6-7-11-24(23)27(31-30-25)33-16-14-32(15-17-33)26-13-12-22(19-29-26)28(2,3)34/h4-13,19,34H,14-18H2,1-3H3. The summed E-state index contributed by atoms with van der Waals surface area (Å²) in [5.74, 6) is 1.89. The molecule has 3 heterocycles. The number of hydrogen-bond acceptors (Lipinski definition) is 6. The van der Waals surface area contributed by atoms with Gasteiger partial charge in [0.15, 0.2) is 5.82 Å². The number of rotatable bonds is 5. The second-order valence-electron chi connectivity index (χ2n) is 9.56. The summed E-state index contributed by atoms with van der Waals surface area (Å²) in [6.45, 7) is 9.12. The van der Waals surface area contributed by atoms with Crippen LogP contribution in [0.4, 0.5) is 11.6 Å². The third-order valence-electron chi connectivity index (χ3n) is 6.72. The minimum absolute atomic E-state index is 0.778. The minimum Gasteiger partial charge on any atom is -0.386 e. The third-order valence-corrected chi connectivity index (χ3v) is 6.72. The largest absolute Gasteiger partial charge is 0.386 e.